The van der Waals surface area contributed by atoms with E-state index in [4.69, 9.17) is 4.42 Å². The fourth-order valence-electron chi connectivity index (χ4n) is 2.82. The quantitative estimate of drug-likeness (QED) is 0.784. The zero-order valence-corrected chi connectivity index (χ0v) is 13.8. The third-order valence-corrected chi connectivity index (χ3v) is 4.10. The molecule has 3 amide bonds. The first-order chi connectivity index (χ1) is 12.7. The monoisotopic (exact) mass is 348 g/mol. The maximum atomic E-state index is 12.7. The molecule has 0 unspecified atom stereocenters. The molecule has 7 heteroatoms. The van der Waals surface area contributed by atoms with Crippen molar-refractivity contribution in [2.24, 2.45) is 0 Å². The smallest absolute Gasteiger partial charge is 0.330 e. The van der Waals surface area contributed by atoms with Crippen LogP contribution in [0.1, 0.15) is 10.6 Å². The van der Waals surface area contributed by atoms with Gasteiger partial charge >= 0.3 is 6.03 Å². The molecule has 4 rings (SSSR count). The summed E-state index contributed by atoms with van der Waals surface area (Å²) in [5.41, 5.74) is 1.39. The van der Waals surface area contributed by atoms with E-state index in [1.807, 2.05) is 30.3 Å². The molecule has 0 aliphatic carbocycles. The normalized spacial score (nSPS) is 13.9. The van der Waals surface area contributed by atoms with Crippen LogP contribution in [-0.4, -0.2) is 30.0 Å². The van der Waals surface area contributed by atoms with Crippen LogP contribution in [0.5, 0.6) is 0 Å². The van der Waals surface area contributed by atoms with Crippen LogP contribution in [0.3, 0.4) is 0 Å². The van der Waals surface area contributed by atoms with E-state index < -0.39 is 0 Å². The van der Waals surface area contributed by atoms with Crippen molar-refractivity contribution in [3.05, 3.63) is 72.8 Å². The number of benzene rings is 1. The lowest BCUT2D eigenvalue weighted by molar-refractivity contribution is 0.0996. The van der Waals surface area contributed by atoms with Gasteiger partial charge in [-0.1, -0.05) is 18.2 Å². The van der Waals surface area contributed by atoms with Crippen LogP contribution in [0.2, 0.25) is 0 Å². The highest BCUT2D eigenvalue weighted by atomic mass is 16.3. The van der Waals surface area contributed by atoms with Crippen LogP contribution in [-0.2, 0) is 0 Å². The van der Waals surface area contributed by atoms with Crippen molar-refractivity contribution in [3.8, 4) is 0 Å². The van der Waals surface area contributed by atoms with E-state index in [0.717, 1.165) is 5.69 Å². The summed E-state index contributed by atoms with van der Waals surface area (Å²) >= 11 is 0. The van der Waals surface area contributed by atoms with Crippen molar-refractivity contribution < 1.29 is 14.0 Å². The van der Waals surface area contributed by atoms with Gasteiger partial charge in [0.25, 0.3) is 5.91 Å². The first-order valence-electron chi connectivity index (χ1n) is 8.17. The second-order valence-corrected chi connectivity index (χ2v) is 5.76. The minimum Gasteiger partial charge on any atom is -0.459 e. The van der Waals surface area contributed by atoms with Crippen LogP contribution in [0, 0.1) is 0 Å². The Morgan fingerprint density at radius 1 is 1.00 bits per heavy atom. The number of anilines is 3. The van der Waals surface area contributed by atoms with E-state index in [2.05, 4.69) is 10.3 Å². The number of rotatable bonds is 4. The number of furan rings is 1. The summed E-state index contributed by atoms with van der Waals surface area (Å²) in [5.74, 6) is 0.420. The summed E-state index contributed by atoms with van der Waals surface area (Å²) < 4.78 is 5.05. The first-order valence-corrected chi connectivity index (χ1v) is 8.17. The standard InChI is InChI=1S/C19H16N4O3/c24-18(16-7-4-12-26-16)21-14-8-9-17(20-13-14)23-11-10-22(19(23)25)15-5-2-1-3-6-15/h1-9,12-13H,10-11H2,(H,21,24). The highest BCUT2D eigenvalue weighted by Crippen LogP contribution is 2.24. The van der Waals surface area contributed by atoms with Crippen LogP contribution in [0.4, 0.5) is 22.0 Å². The lowest BCUT2D eigenvalue weighted by Gasteiger charge is -2.18. The number of hydrogen-bond donors (Lipinski definition) is 1. The van der Waals surface area contributed by atoms with Crippen molar-refractivity contribution in [2.75, 3.05) is 28.2 Å². The van der Waals surface area contributed by atoms with E-state index in [1.165, 1.54) is 12.5 Å². The number of urea groups is 1. The Kier molecular flexibility index (Phi) is 4.10. The van der Waals surface area contributed by atoms with Gasteiger partial charge in [-0.15, -0.1) is 0 Å². The number of carbonyl (C=O) groups is 2. The Balaban J connectivity index is 1.46. The van der Waals surface area contributed by atoms with E-state index >= 15 is 0 Å². The lowest BCUT2D eigenvalue weighted by atomic mass is 10.3. The summed E-state index contributed by atoms with van der Waals surface area (Å²) in [6.07, 6.45) is 2.96. The zero-order chi connectivity index (χ0) is 17.9. The highest BCUT2D eigenvalue weighted by Gasteiger charge is 2.31. The lowest BCUT2D eigenvalue weighted by Crippen LogP contribution is -2.32. The summed E-state index contributed by atoms with van der Waals surface area (Å²) in [6, 6.07) is 16.1. The number of amides is 3. The van der Waals surface area contributed by atoms with Crippen LogP contribution in [0.15, 0.2) is 71.5 Å². The number of hydrogen-bond acceptors (Lipinski definition) is 4. The van der Waals surface area contributed by atoms with Crippen LogP contribution < -0.4 is 15.1 Å². The molecule has 0 atom stereocenters. The fourth-order valence-corrected chi connectivity index (χ4v) is 2.82. The molecule has 1 aliphatic rings. The van der Waals surface area contributed by atoms with Crippen LogP contribution in [0.25, 0.3) is 0 Å². The van der Waals surface area contributed by atoms with E-state index in [-0.39, 0.29) is 17.7 Å². The molecule has 1 aliphatic heterocycles. The predicted molar refractivity (Wildman–Crippen MR) is 97.4 cm³/mol. The largest absolute Gasteiger partial charge is 0.459 e. The molecule has 1 fully saturated rings. The third kappa shape index (κ3) is 3.02. The van der Waals surface area contributed by atoms with E-state index in [1.54, 1.807) is 34.1 Å². The molecule has 0 saturated carbocycles. The van der Waals surface area contributed by atoms with Gasteiger partial charge in [-0.2, -0.15) is 0 Å². The number of para-hydroxylation sites is 1. The van der Waals surface area contributed by atoms with Crippen molar-refractivity contribution >= 4 is 29.1 Å². The second kappa shape index (κ2) is 6.72. The molecule has 7 nitrogen and oxygen atoms in total. The number of pyridine rings is 1. The minimum atomic E-state index is -0.350. The van der Waals surface area contributed by atoms with Gasteiger partial charge in [-0.3, -0.25) is 14.6 Å². The van der Waals surface area contributed by atoms with Crippen molar-refractivity contribution in [1.82, 2.24) is 4.98 Å². The van der Waals surface area contributed by atoms with Gasteiger partial charge in [-0.25, -0.2) is 9.78 Å². The maximum absolute atomic E-state index is 12.7. The van der Waals surface area contributed by atoms with Gasteiger partial charge in [0.1, 0.15) is 5.82 Å². The predicted octanol–water partition coefficient (Wildman–Crippen LogP) is 3.37. The summed E-state index contributed by atoms with van der Waals surface area (Å²) in [6.45, 7) is 1.15. The molecule has 0 bridgehead atoms. The van der Waals surface area contributed by atoms with Crippen molar-refractivity contribution in [1.29, 1.82) is 0 Å². The van der Waals surface area contributed by atoms with Crippen molar-refractivity contribution in [2.45, 2.75) is 0 Å². The number of nitrogens with one attached hydrogen (secondary N) is 1. The van der Waals surface area contributed by atoms with Crippen LogP contribution >= 0.6 is 0 Å². The summed E-state index contributed by atoms with van der Waals surface area (Å²) in [7, 11) is 0. The van der Waals surface area contributed by atoms with E-state index in [9.17, 15) is 9.59 Å². The molecule has 1 aromatic carbocycles. The molecule has 26 heavy (non-hydrogen) atoms. The molecule has 0 radical (unpaired) electrons. The number of carbonyl (C=O) groups excluding carboxylic acids is 2. The minimum absolute atomic E-state index is 0.115. The Labute approximate surface area is 149 Å². The van der Waals surface area contributed by atoms with Gasteiger partial charge in [0.2, 0.25) is 0 Å². The van der Waals surface area contributed by atoms with Gasteiger partial charge in [-0.05, 0) is 36.4 Å². The van der Waals surface area contributed by atoms with Crippen molar-refractivity contribution in [3.63, 3.8) is 0 Å². The third-order valence-electron chi connectivity index (χ3n) is 4.10. The highest BCUT2D eigenvalue weighted by molar-refractivity contribution is 6.06. The first kappa shape index (κ1) is 15.9. The van der Waals surface area contributed by atoms with Gasteiger partial charge < -0.3 is 9.73 Å². The molecule has 2 aromatic heterocycles. The Morgan fingerprint density at radius 3 is 2.50 bits per heavy atom. The molecule has 3 aromatic rings. The number of nitrogens with zero attached hydrogens (tertiary/aromatic N) is 3. The Hall–Kier alpha value is -3.61. The Bertz CT molecular complexity index is 908. The average Bonchev–Trinajstić information content (AvgIpc) is 3.33. The molecule has 3 heterocycles. The summed E-state index contributed by atoms with van der Waals surface area (Å²) in [4.78, 5) is 32.3. The summed E-state index contributed by atoms with van der Waals surface area (Å²) in [5, 5.41) is 2.70. The molecule has 130 valence electrons. The molecule has 0 spiro atoms. The average molecular weight is 348 g/mol. The van der Waals surface area contributed by atoms with Gasteiger partial charge in [0.05, 0.1) is 18.1 Å². The zero-order valence-electron chi connectivity index (χ0n) is 13.8. The molecule has 1 saturated heterocycles. The van der Waals surface area contributed by atoms with E-state index in [0.29, 0.717) is 24.6 Å². The topological polar surface area (TPSA) is 78.7 Å². The molecular formula is C19H16N4O3. The fraction of sp³-hybridized carbons (Fsp3) is 0.105. The second-order valence-electron chi connectivity index (χ2n) is 5.76. The Morgan fingerprint density at radius 2 is 1.81 bits per heavy atom. The molecule has 1 N–H and O–H groups in total. The maximum Gasteiger partial charge on any atom is 0.330 e. The number of aromatic nitrogens is 1. The SMILES string of the molecule is O=C(Nc1ccc(N2CCN(c3ccccc3)C2=O)nc1)c1ccco1. The van der Waals surface area contributed by atoms with Gasteiger partial charge in [0.15, 0.2) is 5.76 Å². The van der Waals surface area contributed by atoms with Gasteiger partial charge in [0, 0.05) is 18.8 Å². The molecular weight excluding hydrogens is 332 g/mol.